The lowest BCUT2D eigenvalue weighted by Gasteiger charge is -2.07. The van der Waals surface area contributed by atoms with Crippen LogP contribution in [0.15, 0.2) is 42.7 Å². The summed E-state index contributed by atoms with van der Waals surface area (Å²) < 4.78 is 31.7. The minimum absolute atomic E-state index is 0.0986. The summed E-state index contributed by atoms with van der Waals surface area (Å²) in [4.78, 5) is 12.2. The van der Waals surface area contributed by atoms with Crippen molar-refractivity contribution in [2.45, 2.75) is 19.9 Å². The van der Waals surface area contributed by atoms with E-state index < -0.39 is 17.5 Å². The van der Waals surface area contributed by atoms with Crippen LogP contribution in [0.25, 0.3) is 0 Å². The molecule has 130 valence electrons. The number of carbonyl (C=O) groups excluding carboxylic acids is 1. The monoisotopic (exact) mass is 363 g/mol. The molecule has 0 atom stereocenters. The lowest BCUT2D eigenvalue weighted by molar-refractivity contribution is -0.117. The molecule has 1 N–H and O–H groups in total. The van der Waals surface area contributed by atoms with Crippen molar-refractivity contribution in [2.75, 3.05) is 5.32 Å². The van der Waals surface area contributed by atoms with Gasteiger partial charge < -0.3 is 5.32 Å². The fourth-order valence-corrected chi connectivity index (χ4v) is 2.68. The normalized spacial score (nSPS) is 10.8. The molecular weight excluding hydrogens is 348 g/mol. The average molecular weight is 363 g/mol. The number of hydrogen-bond donors (Lipinski definition) is 1. The number of hydrogen-bond acceptors (Lipinski definition) is 3. The van der Waals surface area contributed by atoms with Crippen LogP contribution >= 0.6 is 12.2 Å². The number of nitrogens with zero attached hydrogens (tertiary/aromatic N) is 4. The van der Waals surface area contributed by atoms with Gasteiger partial charge in [-0.25, -0.2) is 18.1 Å². The van der Waals surface area contributed by atoms with Gasteiger partial charge in [-0.3, -0.25) is 9.47 Å². The molecule has 3 aromatic rings. The predicted octanol–water partition coefficient (Wildman–Crippen LogP) is 3.01. The van der Waals surface area contributed by atoms with E-state index in [4.69, 9.17) is 12.2 Å². The smallest absolute Gasteiger partial charge is 0.246 e. The van der Waals surface area contributed by atoms with E-state index in [0.29, 0.717) is 23.1 Å². The van der Waals surface area contributed by atoms with Crippen LogP contribution in [0.2, 0.25) is 0 Å². The van der Waals surface area contributed by atoms with Gasteiger partial charge in [0.15, 0.2) is 5.82 Å². The first-order chi connectivity index (χ1) is 12.0. The van der Waals surface area contributed by atoms with Crippen LogP contribution in [0.3, 0.4) is 0 Å². The molecule has 6 nitrogen and oxygen atoms in total. The zero-order chi connectivity index (χ0) is 18.0. The maximum Gasteiger partial charge on any atom is 0.246 e. The Balaban J connectivity index is 1.83. The molecule has 0 aliphatic heterocycles. The summed E-state index contributed by atoms with van der Waals surface area (Å²) in [5.41, 5.74) is -0.0986. The van der Waals surface area contributed by atoms with E-state index in [0.717, 1.165) is 12.1 Å². The molecule has 1 amide bonds. The molecule has 0 saturated heterocycles. The van der Waals surface area contributed by atoms with E-state index in [-0.39, 0.29) is 12.2 Å². The predicted molar refractivity (Wildman–Crippen MR) is 90.6 cm³/mol. The quantitative estimate of drug-likeness (QED) is 0.709. The molecule has 3 rings (SSSR count). The second-order valence-corrected chi connectivity index (χ2v) is 5.62. The van der Waals surface area contributed by atoms with Crippen LogP contribution in [-0.4, -0.2) is 25.0 Å². The number of aromatic nitrogens is 4. The van der Waals surface area contributed by atoms with Crippen molar-refractivity contribution >= 4 is 23.8 Å². The van der Waals surface area contributed by atoms with Gasteiger partial charge >= 0.3 is 0 Å². The van der Waals surface area contributed by atoms with E-state index in [1.165, 1.54) is 4.68 Å². The Morgan fingerprint density at radius 2 is 2.00 bits per heavy atom. The lowest BCUT2D eigenvalue weighted by Crippen LogP contribution is -2.20. The van der Waals surface area contributed by atoms with Gasteiger partial charge in [-0.15, -0.1) is 0 Å². The highest BCUT2D eigenvalue weighted by Gasteiger charge is 2.14. The minimum atomic E-state index is -0.843. The summed E-state index contributed by atoms with van der Waals surface area (Å²) in [6.07, 6.45) is 4.24. The highest BCUT2D eigenvalue weighted by Crippen LogP contribution is 2.15. The first-order valence-corrected chi connectivity index (χ1v) is 7.97. The summed E-state index contributed by atoms with van der Waals surface area (Å²) in [5, 5.41) is 6.73. The molecule has 0 unspecified atom stereocenters. The average Bonchev–Trinajstić information content (AvgIpc) is 3.18. The Labute approximate surface area is 147 Å². The van der Waals surface area contributed by atoms with Crippen molar-refractivity contribution < 1.29 is 13.6 Å². The molecule has 0 saturated carbocycles. The molecule has 2 aromatic heterocycles. The van der Waals surface area contributed by atoms with Gasteiger partial charge in [0.1, 0.15) is 18.2 Å². The Bertz CT molecular complexity index is 962. The Morgan fingerprint density at radius 3 is 2.64 bits per heavy atom. The van der Waals surface area contributed by atoms with Crippen LogP contribution in [0.5, 0.6) is 0 Å². The number of halogens is 2. The molecule has 0 aliphatic rings. The van der Waals surface area contributed by atoms with Crippen LogP contribution < -0.4 is 5.32 Å². The second-order valence-electron chi connectivity index (χ2n) is 5.26. The lowest BCUT2D eigenvalue weighted by atomic mass is 10.3. The SMILES string of the molecule is CCc1nn(CC(=O)Nc2ccc(F)cc2F)c(=S)n1-n1cccc1. The third-order valence-corrected chi connectivity index (χ3v) is 3.90. The van der Waals surface area contributed by atoms with E-state index in [9.17, 15) is 13.6 Å². The molecular formula is C16H15F2N5OS. The highest BCUT2D eigenvalue weighted by molar-refractivity contribution is 7.71. The molecule has 25 heavy (non-hydrogen) atoms. The maximum atomic E-state index is 13.6. The number of anilines is 1. The first-order valence-electron chi connectivity index (χ1n) is 7.57. The summed E-state index contributed by atoms with van der Waals surface area (Å²) in [6.45, 7) is 1.74. The van der Waals surface area contributed by atoms with Gasteiger partial charge in [-0.2, -0.15) is 5.10 Å². The summed E-state index contributed by atoms with van der Waals surface area (Å²) in [7, 11) is 0. The third-order valence-electron chi connectivity index (χ3n) is 3.52. The maximum absolute atomic E-state index is 13.6. The molecule has 0 radical (unpaired) electrons. The van der Waals surface area contributed by atoms with E-state index in [1.807, 2.05) is 31.5 Å². The van der Waals surface area contributed by atoms with Crippen LogP contribution in [-0.2, 0) is 17.8 Å². The van der Waals surface area contributed by atoms with Crippen molar-refractivity contribution in [1.29, 1.82) is 0 Å². The van der Waals surface area contributed by atoms with Crippen molar-refractivity contribution in [1.82, 2.24) is 19.1 Å². The van der Waals surface area contributed by atoms with E-state index >= 15 is 0 Å². The Morgan fingerprint density at radius 1 is 1.28 bits per heavy atom. The zero-order valence-electron chi connectivity index (χ0n) is 13.3. The van der Waals surface area contributed by atoms with Crippen LogP contribution in [0.4, 0.5) is 14.5 Å². The molecule has 9 heteroatoms. The Kier molecular flexibility index (Phi) is 4.75. The van der Waals surface area contributed by atoms with Gasteiger partial charge in [0.2, 0.25) is 10.7 Å². The minimum Gasteiger partial charge on any atom is -0.322 e. The molecule has 0 fully saturated rings. The van der Waals surface area contributed by atoms with E-state index in [1.54, 1.807) is 9.35 Å². The number of carbonyl (C=O) groups is 1. The standard InChI is InChI=1S/C16H15F2N5OS/c1-2-14-20-22(16(25)23(14)21-7-3-4-8-21)10-15(24)19-13-6-5-11(17)9-12(13)18/h3-9H,2,10H2,1H3,(H,19,24). The molecule has 0 bridgehead atoms. The van der Waals surface area contributed by atoms with Gasteiger partial charge in [-0.05, 0) is 36.5 Å². The fourth-order valence-electron chi connectivity index (χ4n) is 2.38. The largest absolute Gasteiger partial charge is 0.322 e. The van der Waals surface area contributed by atoms with Crippen molar-refractivity contribution in [3.05, 3.63) is 65.0 Å². The number of benzene rings is 1. The summed E-state index contributed by atoms with van der Waals surface area (Å²) in [5.74, 6) is -1.39. The first kappa shape index (κ1) is 17.0. The van der Waals surface area contributed by atoms with Crippen LogP contribution in [0, 0.1) is 16.4 Å². The third kappa shape index (κ3) is 3.50. The van der Waals surface area contributed by atoms with Gasteiger partial charge in [-0.1, -0.05) is 6.92 Å². The molecule has 0 spiro atoms. The van der Waals surface area contributed by atoms with Gasteiger partial charge in [0.05, 0.1) is 5.69 Å². The highest BCUT2D eigenvalue weighted by atomic mass is 32.1. The van der Waals surface area contributed by atoms with Crippen molar-refractivity contribution in [3.8, 4) is 0 Å². The van der Waals surface area contributed by atoms with Crippen LogP contribution in [0.1, 0.15) is 12.7 Å². The topological polar surface area (TPSA) is 56.8 Å². The van der Waals surface area contributed by atoms with Crippen molar-refractivity contribution in [2.24, 2.45) is 0 Å². The van der Waals surface area contributed by atoms with E-state index in [2.05, 4.69) is 10.4 Å². The fraction of sp³-hybridized carbons (Fsp3) is 0.188. The number of aryl methyl sites for hydroxylation is 1. The summed E-state index contributed by atoms with van der Waals surface area (Å²) >= 11 is 5.39. The Hall–Kier alpha value is -2.81. The molecule has 2 heterocycles. The van der Waals surface area contributed by atoms with Crippen molar-refractivity contribution in [3.63, 3.8) is 0 Å². The number of rotatable bonds is 5. The zero-order valence-corrected chi connectivity index (χ0v) is 14.1. The summed E-state index contributed by atoms with van der Waals surface area (Å²) in [6, 6.07) is 6.64. The number of nitrogens with one attached hydrogen (secondary N) is 1. The van der Waals surface area contributed by atoms with Gasteiger partial charge in [0.25, 0.3) is 0 Å². The molecule has 1 aromatic carbocycles. The van der Waals surface area contributed by atoms with Gasteiger partial charge in [0, 0.05) is 24.9 Å². The second kappa shape index (κ2) is 6.98. The molecule has 0 aliphatic carbocycles. The number of amides is 1.